The minimum atomic E-state index is -0.150. The van der Waals surface area contributed by atoms with Crippen LogP contribution in [0, 0.1) is 6.92 Å². The molecule has 0 unspecified atom stereocenters. The highest BCUT2D eigenvalue weighted by molar-refractivity contribution is 6.05. The van der Waals surface area contributed by atoms with Crippen LogP contribution < -0.4 is 11.1 Å². The molecule has 0 saturated heterocycles. The van der Waals surface area contributed by atoms with E-state index in [1.807, 2.05) is 58.9 Å². The van der Waals surface area contributed by atoms with E-state index in [1.54, 1.807) is 24.3 Å². The predicted molar refractivity (Wildman–Crippen MR) is 92.7 cm³/mol. The molecule has 2 rings (SSSR count). The average molecular weight is 286 g/mol. The summed E-state index contributed by atoms with van der Waals surface area (Å²) >= 11 is 0. The van der Waals surface area contributed by atoms with Gasteiger partial charge in [0.05, 0.1) is 11.4 Å². The van der Waals surface area contributed by atoms with E-state index in [9.17, 15) is 4.79 Å². The molecule has 3 nitrogen and oxygen atoms in total. The number of carbonyl (C=O) groups is 1. The first-order valence-corrected chi connectivity index (χ1v) is 7.39. The number of nitrogens with one attached hydrogen (secondary N) is 1. The number of hydrogen-bond acceptors (Lipinski definition) is 2. The number of anilines is 2. The number of benzene rings is 2. The number of aryl methyl sites for hydroxylation is 1. The maximum absolute atomic E-state index is 11.9. The van der Waals surface area contributed by atoms with Gasteiger partial charge in [0.1, 0.15) is 0 Å². The highest BCUT2D eigenvalue weighted by Gasteiger charge is 2.06. The van der Waals surface area contributed by atoms with Gasteiger partial charge in [0.25, 0.3) is 5.91 Å². The van der Waals surface area contributed by atoms with E-state index >= 15 is 0 Å². The zero-order valence-electron chi connectivity index (χ0n) is 13.6. The minimum Gasteiger partial charge on any atom is -0.397 e. The summed E-state index contributed by atoms with van der Waals surface area (Å²) < 4.78 is 0. The molecule has 0 aliphatic rings. The molecule has 0 aromatic heterocycles. The molecule has 0 aliphatic heterocycles. The number of nitrogen functional groups attached to an aromatic ring is 1. The minimum absolute atomic E-state index is 0.150. The molecule has 1 amide bonds. The first kappa shape index (κ1) is 18.7. The van der Waals surface area contributed by atoms with Crippen molar-refractivity contribution in [1.82, 2.24) is 0 Å². The quantitative estimate of drug-likeness (QED) is 0.773. The van der Waals surface area contributed by atoms with Crippen LogP contribution in [0.2, 0.25) is 0 Å². The Morgan fingerprint density at radius 2 is 1.43 bits per heavy atom. The Morgan fingerprint density at radius 3 is 1.95 bits per heavy atom. The van der Waals surface area contributed by atoms with Gasteiger partial charge in [0, 0.05) is 5.56 Å². The first-order valence-electron chi connectivity index (χ1n) is 7.39. The topological polar surface area (TPSA) is 55.1 Å². The third kappa shape index (κ3) is 6.13. The van der Waals surface area contributed by atoms with E-state index in [-0.39, 0.29) is 5.91 Å². The molecule has 0 radical (unpaired) electrons. The van der Waals surface area contributed by atoms with Crippen molar-refractivity contribution >= 4 is 17.3 Å². The molecule has 0 aliphatic carbocycles. The van der Waals surface area contributed by atoms with E-state index in [0.29, 0.717) is 16.9 Å². The fraction of sp³-hybridized carbons (Fsp3) is 0.278. The Balaban J connectivity index is 0.000000921. The third-order valence-electron chi connectivity index (χ3n) is 2.52. The number of para-hydroxylation sites is 2. The molecular weight excluding hydrogens is 260 g/mol. The van der Waals surface area contributed by atoms with E-state index < -0.39 is 0 Å². The summed E-state index contributed by atoms with van der Waals surface area (Å²) in [6, 6.07) is 14.6. The van der Waals surface area contributed by atoms with Gasteiger partial charge in [0.15, 0.2) is 0 Å². The van der Waals surface area contributed by atoms with Crippen molar-refractivity contribution in [2.24, 2.45) is 0 Å². The summed E-state index contributed by atoms with van der Waals surface area (Å²) in [6.07, 6.45) is 0. The van der Waals surface area contributed by atoms with Gasteiger partial charge in [-0.15, -0.1) is 0 Å². The van der Waals surface area contributed by atoms with Crippen LogP contribution in [0.5, 0.6) is 0 Å². The fourth-order valence-corrected chi connectivity index (χ4v) is 1.51. The molecule has 0 bridgehead atoms. The van der Waals surface area contributed by atoms with Gasteiger partial charge in [-0.25, -0.2) is 0 Å². The summed E-state index contributed by atoms with van der Waals surface area (Å²) in [5, 5.41) is 2.78. The van der Waals surface area contributed by atoms with Gasteiger partial charge in [-0.05, 0) is 31.2 Å². The Hall–Kier alpha value is -2.29. The molecule has 0 saturated carbocycles. The van der Waals surface area contributed by atoms with Crippen molar-refractivity contribution < 1.29 is 4.79 Å². The van der Waals surface area contributed by atoms with Gasteiger partial charge >= 0.3 is 0 Å². The molecule has 2 aromatic carbocycles. The van der Waals surface area contributed by atoms with Crippen LogP contribution in [0.4, 0.5) is 11.4 Å². The lowest BCUT2D eigenvalue weighted by molar-refractivity contribution is 0.102. The largest absolute Gasteiger partial charge is 0.397 e. The second kappa shape index (κ2) is 10.5. The maximum atomic E-state index is 11.9. The lowest BCUT2D eigenvalue weighted by Crippen LogP contribution is -2.12. The summed E-state index contributed by atoms with van der Waals surface area (Å²) in [5.74, 6) is -0.150. The third-order valence-corrected chi connectivity index (χ3v) is 2.52. The normalized spacial score (nSPS) is 8.62. The lowest BCUT2D eigenvalue weighted by atomic mass is 10.1. The zero-order valence-corrected chi connectivity index (χ0v) is 13.6. The molecule has 21 heavy (non-hydrogen) atoms. The van der Waals surface area contributed by atoms with Crippen molar-refractivity contribution in [3.8, 4) is 0 Å². The highest BCUT2D eigenvalue weighted by atomic mass is 16.1. The summed E-state index contributed by atoms with van der Waals surface area (Å²) in [7, 11) is 0. The standard InChI is InChI=1S/C14H14N2O.2C2H6/c1-10-6-8-11(9-7-10)14(17)16-13-5-3-2-4-12(13)15;2*1-2/h2-9H,15H2,1H3,(H,16,17);2*1-2H3. The number of carbonyl (C=O) groups excluding carboxylic acids is 1. The first-order chi connectivity index (χ1) is 10.2. The molecule has 114 valence electrons. The van der Waals surface area contributed by atoms with Crippen LogP contribution in [0.25, 0.3) is 0 Å². The second-order valence-corrected chi connectivity index (χ2v) is 3.91. The predicted octanol–water partition coefficient (Wildman–Crippen LogP) is 4.88. The van der Waals surface area contributed by atoms with Crippen LogP contribution in [0.3, 0.4) is 0 Å². The second-order valence-electron chi connectivity index (χ2n) is 3.91. The van der Waals surface area contributed by atoms with Gasteiger partial charge in [-0.3, -0.25) is 4.79 Å². The summed E-state index contributed by atoms with van der Waals surface area (Å²) in [6.45, 7) is 9.98. The zero-order chi connectivity index (χ0) is 16.3. The number of nitrogens with two attached hydrogens (primary N) is 1. The van der Waals surface area contributed by atoms with E-state index in [0.717, 1.165) is 5.56 Å². The van der Waals surface area contributed by atoms with Gasteiger partial charge in [-0.1, -0.05) is 57.5 Å². The van der Waals surface area contributed by atoms with E-state index in [2.05, 4.69) is 5.32 Å². The Kier molecular flexibility index (Phi) is 9.35. The Morgan fingerprint density at radius 1 is 0.905 bits per heavy atom. The fourth-order valence-electron chi connectivity index (χ4n) is 1.51. The van der Waals surface area contributed by atoms with E-state index in [1.165, 1.54) is 0 Å². The Labute approximate surface area is 128 Å². The summed E-state index contributed by atoms with van der Waals surface area (Å²) in [4.78, 5) is 11.9. The lowest BCUT2D eigenvalue weighted by Gasteiger charge is -2.07. The van der Waals surface area contributed by atoms with Crippen LogP contribution >= 0.6 is 0 Å². The summed E-state index contributed by atoms with van der Waals surface area (Å²) in [5.41, 5.74) is 8.71. The van der Waals surface area contributed by atoms with Crippen LogP contribution in [0.1, 0.15) is 43.6 Å². The van der Waals surface area contributed by atoms with Crippen molar-refractivity contribution in [2.45, 2.75) is 34.6 Å². The number of hydrogen-bond donors (Lipinski definition) is 2. The Bertz CT molecular complexity index is 533. The van der Waals surface area contributed by atoms with Crippen LogP contribution in [0.15, 0.2) is 48.5 Å². The van der Waals surface area contributed by atoms with Crippen LogP contribution in [-0.4, -0.2) is 5.91 Å². The monoisotopic (exact) mass is 286 g/mol. The van der Waals surface area contributed by atoms with Crippen molar-refractivity contribution in [2.75, 3.05) is 11.1 Å². The van der Waals surface area contributed by atoms with Crippen molar-refractivity contribution in [3.63, 3.8) is 0 Å². The molecule has 0 heterocycles. The average Bonchev–Trinajstić information content (AvgIpc) is 2.54. The SMILES string of the molecule is CC.CC.Cc1ccc(C(=O)Nc2ccccc2N)cc1. The van der Waals surface area contributed by atoms with E-state index in [4.69, 9.17) is 5.73 Å². The molecule has 3 N–H and O–H groups in total. The van der Waals surface area contributed by atoms with Crippen molar-refractivity contribution in [3.05, 3.63) is 59.7 Å². The van der Waals surface area contributed by atoms with Gasteiger partial charge < -0.3 is 11.1 Å². The molecule has 3 heteroatoms. The maximum Gasteiger partial charge on any atom is 0.255 e. The molecular formula is C18H26N2O. The van der Waals surface area contributed by atoms with Crippen molar-refractivity contribution in [1.29, 1.82) is 0 Å². The highest BCUT2D eigenvalue weighted by Crippen LogP contribution is 2.17. The number of amides is 1. The molecule has 0 atom stereocenters. The number of rotatable bonds is 2. The van der Waals surface area contributed by atoms with Crippen LogP contribution in [-0.2, 0) is 0 Å². The smallest absolute Gasteiger partial charge is 0.255 e. The molecule has 0 fully saturated rings. The van der Waals surface area contributed by atoms with Gasteiger partial charge in [0.2, 0.25) is 0 Å². The molecule has 0 spiro atoms. The van der Waals surface area contributed by atoms with Gasteiger partial charge in [-0.2, -0.15) is 0 Å². The molecule has 2 aromatic rings.